The van der Waals surface area contributed by atoms with E-state index in [4.69, 9.17) is 5.53 Å². The second kappa shape index (κ2) is 4.39. The van der Waals surface area contributed by atoms with Gasteiger partial charge in [0.15, 0.2) is 0 Å². The third kappa shape index (κ3) is 2.31. The number of carbonyl (C=O) groups is 1. The number of benzene rings is 1. The molecule has 0 aliphatic carbocycles. The molecule has 0 radical (unpaired) electrons. The molecule has 0 aromatic heterocycles. The summed E-state index contributed by atoms with van der Waals surface area (Å²) in [5, 5.41) is 2.69. The third-order valence-electron chi connectivity index (χ3n) is 1.71. The molecule has 1 rings (SSSR count). The number of halogens is 1. The Kier molecular flexibility index (Phi) is 3.20. The number of hydrogen-bond acceptors (Lipinski definition) is 2. The molecule has 1 unspecified atom stereocenters. The van der Waals surface area contributed by atoms with E-state index in [1.807, 2.05) is 6.92 Å². The van der Waals surface area contributed by atoms with Crippen molar-refractivity contribution in [2.45, 2.75) is 13.2 Å². The molecule has 0 N–H and O–H groups in total. The monoisotopic (exact) mass is 193 g/mol. The molecular formula is C9H8FN3O. The van der Waals surface area contributed by atoms with Crippen LogP contribution in [0.5, 0.6) is 0 Å². The largest absolute Gasteiger partial charge is 0.291 e. The maximum atomic E-state index is 12.8. The standard InChI is InChI=1S/C9H8FN3O/c1-6-2-4-7(5-3-6)8(14)9(10)12-13-11/h2-5,9H,1H3. The second-order valence-electron chi connectivity index (χ2n) is 2.77. The molecule has 4 nitrogen and oxygen atoms in total. The lowest BCUT2D eigenvalue weighted by Gasteiger charge is -2.00. The summed E-state index contributed by atoms with van der Waals surface area (Å²) in [5.74, 6) is -0.817. The molecule has 72 valence electrons. The predicted molar refractivity (Wildman–Crippen MR) is 49.6 cm³/mol. The lowest BCUT2D eigenvalue weighted by Crippen LogP contribution is -2.12. The van der Waals surface area contributed by atoms with Gasteiger partial charge in [0.2, 0.25) is 12.1 Å². The lowest BCUT2D eigenvalue weighted by atomic mass is 10.1. The minimum Gasteiger partial charge on any atom is -0.291 e. The molecule has 1 aromatic carbocycles. The Bertz CT molecular complexity index is 382. The summed E-state index contributed by atoms with van der Waals surface area (Å²) in [5.41, 5.74) is 9.12. The summed E-state index contributed by atoms with van der Waals surface area (Å²) in [6.07, 6.45) is -2.14. The van der Waals surface area contributed by atoms with Crippen LogP contribution in [0, 0.1) is 6.92 Å². The SMILES string of the molecule is Cc1ccc(C(=O)C(F)N=[N+]=[N-])cc1. The van der Waals surface area contributed by atoms with E-state index in [-0.39, 0.29) is 5.56 Å². The van der Waals surface area contributed by atoms with Crippen molar-refractivity contribution in [2.24, 2.45) is 5.11 Å². The van der Waals surface area contributed by atoms with E-state index in [0.29, 0.717) is 0 Å². The van der Waals surface area contributed by atoms with Crippen molar-refractivity contribution < 1.29 is 9.18 Å². The van der Waals surface area contributed by atoms with E-state index in [9.17, 15) is 9.18 Å². The van der Waals surface area contributed by atoms with Gasteiger partial charge in [-0.15, -0.1) is 0 Å². The van der Waals surface area contributed by atoms with Crippen LogP contribution in [-0.4, -0.2) is 12.1 Å². The molecule has 0 aliphatic rings. The van der Waals surface area contributed by atoms with E-state index >= 15 is 0 Å². The summed E-state index contributed by atoms with van der Waals surface area (Å²) in [6.45, 7) is 1.86. The topological polar surface area (TPSA) is 65.8 Å². The van der Waals surface area contributed by atoms with Crippen molar-refractivity contribution in [2.75, 3.05) is 0 Å². The fourth-order valence-electron chi connectivity index (χ4n) is 0.953. The molecule has 1 atom stereocenters. The molecule has 0 fully saturated rings. The number of rotatable bonds is 3. The predicted octanol–water partition coefficient (Wildman–Crippen LogP) is 2.78. The zero-order chi connectivity index (χ0) is 10.6. The number of alkyl halides is 1. The molecular weight excluding hydrogens is 185 g/mol. The van der Waals surface area contributed by atoms with Gasteiger partial charge in [0.25, 0.3) is 0 Å². The first-order valence-electron chi connectivity index (χ1n) is 3.94. The van der Waals surface area contributed by atoms with Gasteiger partial charge in [0.05, 0.1) is 0 Å². The van der Waals surface area contributed by atoms with Gasteiger partial charge in [0.1, 0.15) is 0 Å². The van der Waals surface area contributed by atoms with Crippen LogP contribution in [0.2, 0.25) is 0 Å². The first kappa shape index (κ1) is 10.2. The minimum absolute atomic E-state index is 0.204. The average molecular weight is 193 g/mol. The zero-order valence-corrected chi connectivity index (χ0v) is 7.51. The first-order valence-corrected chi connectivity index (χ1v) is 3.94. The highest BCUT2D eigenvalue weighted by Gasteiger charge is 2.16. The molecule has 0 spiro atoms. The van der Waals surface area contributed by atoms with E-state index < -0.39 is 12.1 Å². The van der Waals surface area contributed by atoms with E-state index in [1.165, 1.54) is 12.1 Å². The number of Topliss-reactive ketones (excluding diaryl/α,β-unsaturated/α-hetero) is 1. The summed E-state index contributed by atoms with van der Waals surface area (Å²) in [4.78, 5) is 13.4. The third-order valence-corrected chi connectivity index (χ3v) is 1.71. The normalized spacial score (nSPS) is 11.6. The van der Waals surface area contributed by atoms with Crippen LogP contribution >= 0.6 is 0 Å². The fraction of sp³-hybridized carbons (Fsp3) is 0.222. The van der Waals surface area contributed by atoms with Gasteiger partial charge in [-0.25, -0.2) is 4.39 Å². The highest BCUT2D eigenvalue weighted by molar-refractivity contribution is 5.99. The average Bonchev–Trinajstić information content (AvgIpc) is 2.18. The Hall–Kier alpha value is -1.87. The summed E-state index contributed by atoms with van der Waals surface area (Å²) in [7, 11) is 0. The highest BCUT2D eigenvalue weighted by Crippen LogP contribution is 2.09. The van der Waals surface area contributed by atoms with Gasteiger partial charge in [-0.3, -0.25) is 4.79 Å². The van der Waals surface area contributed by atoms with Crippen molar-refractivity contribution >= 4 is 5.78 Å². The minimum atomic E-state index is -2.14. The van der Waals surface area contributed by atoms with Crippen LogP contribution < -0.4 is 0 Å². The Morgan fingerprint density at radius 1 is 1.50 bits per heavy atom. The lowest BCUT2D eigenvalue weighted by molar-refractivity contribution is 0.0883. The van der Waals surface area contributed by atoms with Gasteiger partial charge in [-0.1, -0.05) is 29.8 Å². The van der Waals surface area contributed by atoms with E-state index in [1.54, 1.807) is 12.1 Å². The Morgan fingerprint density at radius 3 is 2.57 bits per heavy atom. The number of carbonyl (C=O) groups excluding carboxylic acids is 1. The number of aryl methyl sites for hydroxylation is 1. The first-order chi connectivity index (χ1) is 6.65. The molecule has 1 aromatic rings. The van der Waals surface area contributed by atoms with Crippen LogP contribution in [0.3, 0.4) is 0 Å². The van der Waals surface area contributed by atoms with Crippen molar-refractivity contribution in [1.82, 2.24) is 0 Å². The number of hydrogen-bond donors (Lipinski definition) is 0. The number of azide groups is 1. The number of ketones is 1. The molecule has 0 aliphatic heterocycles. The summed E-state index contributed by atoms with van der Waals surface area (Å²) >= 11 is 0. The summed E-state index contributed by atoms with van der Waals surface area (Å²) < 4.78 is 12.8. The van der Waals surface area contributed by atoms with Crippen LogP contribution in [0.1, 0.15) is 15.9 Å². The van der Waals surface area contributed by atoms with E-state index in [2.05, 4.69) is 10.0 Å². The van der Waals surface area contributed by atoms with Crippen molar-refractivity contribution in [1.29, 1.82) is 0 Å². The van der Waals surface area contributed by atoms with Crippen molar-refractivity contribution in [3.63, 3.8) is 0 Å². The maximum Gasteiger partial charge on any atom is 0.241 e. The second-order valence-corrected chi connectivity index (χ2v) is 2.77. The van der Waals surface area contributed by atoms with Crippen LogP contribution in [0.25, 0.3) is 10.4 Å². The molecule has 0 amide bonds. The van der Waals surface area contributed by atoms with E-state index in [0.717, 1.165) is 5.56 Å². The smallest absolute Gasteiger partial charge is 0.241 e. The highest BCUT2D eigenvalue weighted by atomic mass is 19.1. The van der Waals surface area contributed by atoms with Gasteiger partial charge >= 0.3 is 0 Å². The Balaban J connectivity index is 2.89. The van der Waals surface area contributed by atoms with Crippen molar-refractivity contribution in [3.8, 4) is 0 Å². The molecule has 0 bridgehead atoms. The Morgan fingerprint density at radius 2 is 2.07 bits per heavy atom. The Labute approximate surface area is 80.0 Å². The van der Waals surface area contributed by atoms with Gasteiger partial charge in [0, 0.05) is 10.5 Å². The number of nitrogens with zero attached hydrogens (tertiary/aromatic N) is 3. The van der Waals surface area contributed by atoms with Crippen LogP contribution in [0.15, 0.2) is 29.4 Å². The zero-order valence-electron chi connectivity index (χ0n) is 7.51. The van der Waals surface area contributed by atoms with Crippen molar-refractivity contribution in [3.05, 3.63) is 45.8 Å². The molecule has 0 heterocycles. The van der Waals surface area contributed by atoms with Crippen LogP contribution in [-0.2, 0) is 0 Å². The molecule has 5 heteroatoms. The maximum absolute atomic E-state index is 12.8. The summed E-state index contributed by atoms with van der Waals surface area (Å²) in [6, 6.07) is 6.38. The van der Waals surface area contributed by atoms with Gasteiger partial charge in [-0.05, 0) is 17.6 Å². The van der Waals surface area contributed by atoms with Gasteiger partial charge in [-0.2, -0.15) is 0 Å². The molecule has 14 heavy (non-hydrogen) atoms. The quantitative estimate of drug-likeness (QED) is 0.239. The van der Waals surface area contributed by atoms with Crippen LogP contribution in [0.4, 0.5) is 4.39 Å². The van der Waals surface area contributed by atoms with Gasteiger partial charge < -0.3 is 0 Å². The molecule has 0 saturated heterocycles. The molecule has 0 saturated carbocycles. The fourth-order valence-corrected chi connectivity index (χ4v) is 0.953.